The summed E-state index contributed by atoms with van der Waals surface area (Å²) in [6.45, 7) is 1.29. The zero-order valence-corrected chi connectivity index (χ0v) is 14.5. The Hall–Kier alpha value is -2.44. The molecule has 0 saturated heterocycles. The number of benzene rings is 2. The molecule has 0 radical (unpaired) electrons. The summed E-state index contributed by atoms with van der Waals surface area (Å²) in [5, 5.41) is 15.4. The van der Waals surface area contributed by atoms with Crippen LogP contribution in [0.2, 0.25) is 0 Å². The Labute approximate surface area is 147 Å². The van der Waals surface area contributed by atoms with Gasteiger partial charge < -0.3 is 20.6 Å². The van der Waals surface area contributed by atoms with Gasteiger partial charge in [-0.1, -0.05) is 36.4 Å². The van der Waals surface area contributed by atoms with Crippen molar-refractivity contribution in [1.82, 2.24) is 15.5 Å². The minimum Gasteiger partial charge on any atom is -0.387 e. The van der Waals surface area contributed by atoms with Crippen molar-refractivity contribution < 1.29 is 14.3 Å². The number of urea groups is 1. The molecule has 1 atom stereocenters. The van der Waals surface area contributed by atoms with Gasteiger partial charge in [0.25, 0.3) is 0 Å². The maximum atomic E-state index is 12.9. The van der Waals surface area contributed by atoms with E-state index in [4.69, 9.17) is 0 Å². The van der Waals surface area contributed by atoms with Gasteiger partial charge in [0, 0.05) is 19.6 Å². The second-order valence-corrected chi connectivity index (χ2v) is 6.19. The molecule has 6 heteroatoms. The predicted octanol–water partition coefficient (Wildman–Crippen LogP) is 2.42. The zero-order chi connectivity index (χ0) is 18.2. The van der Waals surface area contributed by atoms with Crippen LogP contribution in [0.5, 0.6) is 0 Å². The van der Waals surface area contributed by atoms with Gasteiger partial charge in [0.15, 0.2) is 0 Å². The molecule has 2 aromatic carbocycles. The van der Waals surface area contributed by atoms with Crippen LogP contribution in [0.25, 0.3) is 0 Å². The quantitative estimate of drug-likeness (QED) is 0.722. The number of nitrogens with one attached hydrogen (secondary N) is 2. The predicted molar refractivity (Wildman–Crippen MR) is 95.4 cm³/mol. The van der Waals surface area contributed by atoms with Crippen LogP contribution in [0, 0.1) is 5.82 Å². The molecule has 0 aliphatic heterocycles. The molecule has 134 valence electrons. The van der Waals surface area contributed by atoms with Crippen molar-refractivity contribution in [2.24, 2.45) is 0 Å². The fourth-order valence-corrected chi connectivity index (χ4v) is 2.44. The highest BCUT2D eigenvalue weighted by molar-refractivity contribution is 5.73. The van der Waals surface area contributed by atoms with E-state index in [1.54, 1.807) is 0 Å². The minimum atomic E-state index is -0.880. The van der Waals surface area contributed by atoms with Crippen molar-refractivity contribution >= 4 is 6.03 Å². The summed E-state index contributed by atoms with van der Waals surface area (Å²) in [7, 11) is 4.01. The molecule has 0 bridgehead atoms. The molecule has 0 aliphatic carbocycles. The molecule has 2 amide bonds. The normalized spacial score (nSPS) is 12.0. The summed E-state index contributed by atoms with van der Waals surface area (Å²) < 4.78 is 12.9. The number of aliphatic hydroxyl groups excluding tert-OH is 1. The Morgan fingerprint density at radius 2 is 1.80 bits per heavy atom. The molecular weight excluding hydrogens is 321 g/mol. The van der Waals surface area contributed by atoms with Crippen LogP contribution in [0.15, 0.2) is 48.5 Å². The summed E-state index contributed by atoms with van der Waals surface area (Å²) in [5.41, 5.74) is 2.74. The number of hydrogen-bond acceptors (Lipinski definition) is 3. The van der Waals surface area contributed by atoms with Crippen LogP contribution in [-0.2, 0) is 13.1 Å². The van der Waals surface area contributed by atoms with Crippen molar-refractivity contribution in [1.29, 1.82) is 0 Å². The van der Waals surface area contributed by atoms with Crippen LogP contribution < -0.4 is 10.6 Å². The largest absolute Gasteiger partial charge is 0.387 e. The van der Waals surface area contributed by atoms with Gasteiger partial charge in [-0.15, -0.1) is 0 Å². The van der Waals surface area contributed by atoms with Gasteiger partial charge in [0.1, 0.15) is 5.82 Å². The number of rotatable bonds is 7. The monoisotopic (exact) mass is 345 g/mol. The number of carbonyl (C=O) groups excluding carboxylic acids is 1. The summed E-state index contributed by atoms with van der Waals surface area (Å²) in [6.07, 6.45) is -0.880. The van der Waals surface area contributed by atoms with Gasteiger partial charge in [-0.05, 0) is 42.9 Å². The number of halogens is 1. The van der Waals surface area contributed by atoms with E-state index in [0.717, 1.165) is 12.1 Å². The lowest BCUT2D eigenvalue weighted by atomic mass is 10.1. The SMILES string of the molecule is CN(C)Cc1cccc(CNC(=O)NCC(O)c2ccc(F)cc2)c1. The molecule has 25 heavy (non-hydrogen) atoms. The van der Waals surface area contributed by atoms with E-state index in [-0.39, 0.29) is 18.4 Å². The summed E-state index contributed by atoms with van der Waals surface area (Å²) in [6, 6.07) is 13.2. The van der Waals surface area contributed by atoms with Crippen LogP contribution in [0.1, 0.15) is 22.8 Å². The molecule has 2 aromatic rings. The molecule has 0 aliphatic rings. The van der Waals surface area contributed by atoms with E-state index in [0.29, 0.717) is 12.1 Å². The fourth-order valence-electron chi connectivity index (χ4n) is 2.44. The van der Waals surface area contributed by atoms with E-state index in [1.165, 1.54) is 29.8 Å². The summed E-state index contributed by atoms with van der Waals surface area (Å²) in [5.74, 6) is -0.363. The van der Waals surface area contributed by atoms with Crippen LogP contribution in [-0.4, -0.2) is 36.7 Å². The van der Waals surface area contributed by atoms with E-state index < -0.39 is 6.10 Å². The smallest absolute Gasteiger partial charge is 0.315 e. The third-order valence-electron chi connectivity index (χ3n) is 3.65. The molecule has 0 heterocycles. The maximum absolute atomic E-state index is 12.9. The van der Waals surface area contributed by atoms with E-state index in [9.17, 15) is 14.3 Å². The van der Waals surface area contributed by atoms with Gasteiger partial charge in [0.05, 0.1) is 6.10 Å². The van der Waals surface area contributed by atoms with E-state index in [1.807, 2.05) is 38.4 Å². The topological polar surface area (TPSA) is 64.6 Å². The Balaban J connectivity index is 1.78. The van der Waals surface area contributed by atoms with Crippen LogP contribution in [0.4, 0.5) is 9.18 Å². The molecule has 0 saturated carbocycles. The number of aliphatic hydroxyl groups is 1. The first kappa shape index (κ1) is 18.9. The number of carbonyl (C=O) groups is 1. The number of amides is 2. The molecule has 3 N–H and O–H groups in total. The summed E-state index contributed by atoms with van der Waals surface area (Å²) >= 11 is 0. The average Bonchev–Trinajstić information content (AvgIpc) is 2.58. The van der Waals surface area contributed by atoms with Crippen molar-refractivity contribution in [2.75, 3.05) is 20.6 Å². The first-order valence-corrected chi connectivity index (χ1v) is 8.12. The zero-order valence-electron chi connectivity index (χ0n) is 14.5. The van der Waals surface area contributed by atoms with Crippen molar-refractivity contribution in [2.45, 2.75) is 19.2 Å². The van der Waals surface area contributed by atoms with Gasteiger partial charge in [-0.25, -0.2) is 9.18 Å². The van der Waals surface area contributed by atoms with Crippen molar-refractivity contribution in [3.8, 4) is 0 Å². The molecule has 1 unspecified atom stereocenters. The first-order valence-electron chi connectivity index (χ1n) is 8.12. The lowest BCUT2D eigenvalue weighted by Gasteiger charge is -2.14. The second kappa shape index (κ2) is 9.15. The average molecular weight is 345 g/mol. The Morgan fingerprint density at radius 1 is 1.12 bits per heavy atom. The molecule has 5 nitrogen and oxygen atoms in total. The van der Waals surface area contributed by atoms with Crippen molar-refractivity contribution in [3.05, 3.63) is 71.0 Å². The molecular formula is C19H24FN3O2. The molecule has 0 aromatic heterocycles. The highest BCUT2D eigenvalue weighted by atomic mass is 19.1. The van der Waals surface area contributed by atoms with Crippen molar-refractivity contribution in [3.63, 3.8) is 0 Å². The highest BCUT2D eigenvalue weighted by Crippen LogP contribution is 2.12. The molecule has 2 rings (SSSR count). The summed E-state index contributed by atoms with van der Waals surface area (Å²) in [4.78, 5) is 13.9. The van der Waals surface area contributed by atoms with Crippen LogP contribution >= 0.6 is 0 Å². The maximum Gasteiger partial charge on any atom is 0.315 e. The molecule has 0 spiro atoms. The Kier molecular flexibility index (Phi) is 6.91. The highest BCUT2D eigenvalue weighted by Gasteiger charge is 2.09. The third kappa shape index (κ3) is 6.52. The van der Waals surface area contributed by atoms with Gasteiger partial charge in [-0.2, -0.15) is 0 Å². The third-order valence-corrected chi connectivity index (χ3v) is 3.65. The van der Waals surface area contributed by atoms with Gasteiger partial charge in [0.2, 0.25) is 0 Å². The lowest BCUT2D eigenvalue weighted by molar-refractivity contribution is 0.173. The number of nitrogens with zero attached hydrogens (tertiary/aromatic N) is 1. The standard InChI is InChI=1S/C19H24FN3O2/c1-23(2)13-15-5-3-4-14(10-15)11-21-19(25)22-12-18(24)16-6-8-17(20)9-7-16/h3-10,18,24H,11-13H2,1-2H3,(H2,21,22,25). The number of hydrogen-bond donors (Lipinski definition) is 3. The van der Waals surface area contributed by atoms with E-state index >= 15 is 0 Å². The van der Waals surface area contributed by atoms with Gasteiger partial charge in [-0.3, -0.25) is 0 Å². The minimum absolute atomic E-state index is 0.0537. The van der Waals surface area contributed by atoms with Gasteiger partial charge >= 0.3 is 6.03 Å². The second-order valence-electron chi connectivity index (χ2n) is 6.19. The fraction of sp³-hybridized carbons (Fsp3) is 0.316. The lowest BCUT2D eigenvalue weighted by Crippen LogP contribution is -2.37. The van der Waals surface area contributed by atoms with E-state index in [2.05, 4.69) is 15.5 Å². The Bertz CT molecular complexity index is 689. The molecule has 0 fully saturated rings. The first-order chi connectivity index (χ1) is 11.9. The van der Waals surface area contributed by atoms with Crippen LogP contribution in [0.3, 0.4) is 0 Å². The Morgan fingerprint density at radius 3 is 2.48 bits per heavy atom.